The van der Waals surface area contributed by atoms with Crippen LogP contribution >= 0.6 is 0 Å². The molecule has 0 radical (unpaired) electrons. The minimum Gasteiger partial charge on any atom is -0.508 e. The summed E-state index contributed by atoms with van der Waals surface area (Å²) < 4.78 is 28.9. The average molecular weight is 573 g/mol. The second-order valence-corrected chi connectivity index (χ2v) is 10.5. The highest BCUT2D eigenvalue weighted by molar-refractivity contribution is 5.61. The molecule has 0 saturated heterocycles. The fourth-order valence-electron chi connectivity index (χ4n) is 6.20. The Labute approximate surface area is 243 Å². The van der Waals surface area contributed by atoms with Crippen LogP contribution in [0.4, 0.5) is 0 Å². The second kappa shape index (κ2) is 10.8. The van der Waals surface area contributed by atoms with Crippen LogP contribution in [0.1, 0.15) is 45.6 Å². The summed E-state index contributed by atoms with van der Waals surface area (Å²) in [5.41, 5.74) is 3.92. The molecular weight excluding hydrogens is 540 g/mol. The molecule has 6 rings (SSSR count). The molecule has 0 fully saturated rings. The van der Waals surface area contributed by atoms with E-state index in [0.29, 0.717) is 41.4 Å². The molecule has 0 unspecified atom stereocenters. The highest BCUT2D eigenvalue weighted by atomic mass is 16.5. The van der Waals surface area contributed by atoms with Gasteiger partial charge in [0.25, 0.3) is 0 Å². The van der Waals surface area contributed by atoms with E-state index in [9.17, 15) is 20.4 Å². The summed E-state index contributed by atoms with van der Waals surface area (Å²) in [5.74, 6) is 1.47. The van der Waals surface area contributed by atoms with Crippen molar-refractivity contribution in [3.05, 3.63) is 88.5 Å². The van der Waals surface area contributed by atoms with Crippen LogP contribution < -0.4 is 23.7 Å². The third-order valence-electron chi connectivity index (χ3n) is 8.21. The van der Waals surface area contributed by atoms with Crippen molar-refractivity contribution in [1.29, 1.82) is 0 Å². The number of rotatable bonds is 6. The molecule has 9 heteroatoms. The summed E-state index contributed by atoms with van der Waals surface area (Å²) in [7, 11) is 4.52. The van der Waals surface area contributed by atoms with Gasteiger partial charge in [-0.25, -0.2) is 0 Å². The number of methoxy groups -OCH3 is 3. The Morgan fingerprint density at radius 3 is 2.07 bits per heavy atom. The monoisotopic (exact) mass is 572 g/mol. The maximum atomic E-state index is 11.2. The highest BCUT2D eigenvalue weighted by Crippen LogP contribution is 2.54. The van der Waals surface area contributed by atoms with E-state index in [1.54, 1.807) is 43.5 Å². The van der Waals surface area contributed by atoms with Crippen LogP contribution in [-0.4, -0.2) is 55.0 Å². The smallest absolute Gasteiger partial charge is 0.201 e. The molecule has 2 heterocycles. The number of aromatic hydroxyl groups is 4. The Hall–Kier alpha value is -4.92. The Morgan fingerprint density at radius 2 is 1.33 bits per heavy atom. The maximum Gasteiger partial charge on any atom is 0.201 e. The quantitative estimate of drug-likeness (QED) is 0.235. The van der Waals surface area contributed by atoms with Crippen LogP contribution in [-0.2, 0) is 6.42 Å². The van der Waals surface area contributed by atoms with Crippen LogP contribution in [0, 0.1) is 0 Å². The van der Waals surface area contributed by atoms with Crippen molar-refractivity contribution in [1.82, 2.24) is 0 Å². The van der Waals surface area contributed by atoms with Crippen molar-refractivity contribution in [2.75, 3.05) is 34.5 Å². The molecule has 0 aromatic heterocycles. The molecule has 218 valence electrons. The Kier molecular flexibility index (Phi) is 7.02. The molecule has 3 atom stereocenters. The normalized spacial score (nSPS) is 19.1. The van der Waals surface area contributed by atoms with Gasteiger partial charge in [-0.05, 0) is 36.2 Å². The van der Waals surface area contributed by atoms with E-state index in [2.05, 4.69) is 0 Å². The van der Waals surface area contributed by atoms with Gasteiger partial charge in [-0.3, -0.25) is 0 Å². The van der Waals surface area contributed by atoms with Gasteiger partial charge in [0.15, 0.2) is 11.5 Å². The van der Waals surface area contributed by atoms with Gasteiger partial charge in [0.2, 0.25) is 5.75 Å². The van der Waals surface area contributed by atoms with Gasteiger partial charge in [-0.15, -0.1) is 0 Å². The molecular formula is C33H32O9. The summed E-state index contributed by atoms with van der Waals surface area (Å²) in [6.07, 6.45) is 0.608. The molecule has 9 nitrogen and oxygen atoms in total. The standard InChI is InChI=1S/C33H32O9/c1-38-27-9-8-21(33(40-3)32(27)37)25-16-42-30-12-20(35)6-7-22(30)31(25)24-13-23(26(36)14-29(24)39-2)18-10-17-4-5-19(34)11-28(17)41-15-18/h4-9,11-14,18,25,31,34-37H,10,15-16H2,1-3H3/t18-,25-,31-/m0/s1. The van der Waals surface area contributed by atoms with Crippen molar-refractivity contribution in [3.63, 3.8) is 0 Å². The predicted octanol–water partition coefficient (Wildman–Crippen LogP) is 5.56. The summed E-state index contributed by atoms with van der Waals surface area (Å²) >= 11 is 0. The molecule has 0 saturated carbocycles. The number of phenols is 4. The third kappa shape index (κ3) is 4.60. The minimum atomic E-state index is -0.376. The minimum absolute atomic E-state index is 0.0769. The summed E-state index contributed by atoms with van der Waals surface area (Å²) in [4.78, 5) is 0. The SMILES string of the molecule is COc1cc(O)c([C@@H]2COc3cc(O)ccc3C2)cc1[C@@H]1c2ccc(O)cc2OC[C@H]1c1ccc(OC)c(O)c1OC. The van der Waals surface area contributed by atoms with Gasteiger partial charge >= 0.3 is 0 Å². The van der Waals surface area contributed by atoms with E-state index in [0.717, 1.165) is 16.7 Å². The summed E-state index contributed by atoms with van der Waals surface area (Å²) in [5, 5.41) is 42.2. The van der Waals surface area contributed by atoms with Crippen molar-refractivity contribution >= 4 is 0 Å². The lowest BCUT2D eigenvalue weighted by Gasteiger charge is -2.36. The van der Waals surface area contributed by atoms with Gasteiger partial charge in [-0.1, -0.05) is 18.2 Å². The first-order valence-electron chi connectivity index (χ1n) is 13.6. The number of phenolic OH excluding ortho intramolecular Hbond substituents is 4. The van der Waals surface area contributed by atoms with Crippen LogP contribution in [0.5, 0.6) is 51.7 Å². The molecule has 2 aliphatic heterocycles. The molecule has 4 N–H and O–H groups in total. The first-order chi connectivity index (χ1) is 20.3. The summed E-state index contributed by atoms with van der Waals surface area (Å²) in [6, 6.07) is 17.2. The van der Waals surface area contributed by atoms with Gasteiger partial charge in [-0.2, -0.15) is 0 Å². The third-order valence-corrected chi connectivity index (χ3v) is 8.21. The number of fused-ring (bicyclic) bond motifs is 2. The first-order valence-corrected chi connectivity index (χ1v) is 13.6. The molecule has 2 aliphatic rings. The largest absolute Gasteiger partial charge is 0.508 e. The molecule has 0 amide bonds. The van der Waals surface area contributed by atoms with Crippen molar-refractivity contribution in [3.8, 4) is 51.7 Å². The topological polar surface area (TPSA) is 127 Å². The number of hydrogen-bond acceptors (Lipinski definition) is 9. The van der Waals surface area contributed by atoms with Crippen molar-refractivity contribution in [2.45, 2.75) is 24.2 Å². The zero-order chi connectivity index (χ0) is 29.5. The lowest BCUT2D eigenvalue weighted by molar-refractivity contribution is 0.240. The molecule has 4 aromatic carbocycles. The lowest BCUT2D eigenvalue weighted by Crippen LogP contribution is -2.26. The zero-order valence-electron chi connectivity index (χ0n) is 23.5. The first kappa shape index (κ1) is 27.3. The lowest BCUT2D eigenvalue weighted by atomic mass is 9.74. The fourth-order valence-corrected chi connectivity index (χ4v) is 6.20. The average Bonchev–Trinajstić information content (AvgIpc) is 3.00. The number of benzene rings is 4. The number of ether oxygens (including phenoxy) is 5. The Bertz CT molecular complexity index is 1650. The van der Waals surface area contributed by atoms with E-state index in [-0.39, 0.29) is 58.9 Å². The second-order valence-electron chi connectivity index (χ2n) is 10.5. The Morgan fingerprint density at radius 1 is 0.643 bits per heavy atom. The molecule has 0 aliphatic carbocycles. The van der Waals surface area contributed by atoms with Crippen LogP contribution in [0.15, 0.2) is 60.7 Å². The van der Waals surface area contributed by atoms with Crippen molar-refractivity contribution in [2.24, 2.45) is 0 Å². The van der Waals surface area contributed by atoms with Crippen molar-refractivity contribution < 1.29 is 44.1 Å². The summed E-state index contributed by atoms with van der Waals surface area (Å²) in [6.45, 7) is 0.531. The van der Waals surface area contributed by atoms with E-state index >= 15 is 0 Å². The Balaban J connectivity index is 1.51. The molecule has 42 heavy (non-hydrogen) atoms. The zero-order valence-corrected chi connectivity index (χ0v) is 23.5. The van der Waals surface area contributed by atoms with E-state index in [1.807, 2.05) is 24.3 Å². The van der Waals surface area contributed by atoms with Crippen LogP contribution in [0.3, 0.4) is 0 Å². The van der Waals surface area contributed by atoms with E-state index < -0.39 is 0 Å². The highest BCUT2D eigenvalue weighted by Gasteiger charge is 2.39. The van der Waals surface area contributed by atoms with Crippen LogP contribution in [0.2, 0.25) is 0 Å². The van der Waals surface area contributed by atoms with E-state index in [4.69, 9.17) is 23.7 Å². The van der Waals surface area contributed by atoms with E-state index in [1.165, 1.54) is 14.2 Å². The molecule has 0 spiro atoms. The molecule has 0 bridgehead atoms. The van der Waals surface area contributed by atoms with Gasteiger partial charge in [0.05, 0.1) is 34.5 Å². The van der Waals surface area contributed by atoms with Crippen LogP contribution in [0.25, 0.3) is 0 Å². The number of hydrogen-bond donors (Lipinski definition) is 4. The fraction of sp³-hybridized carbons (Fsp3) is 0.273. The maximum absolute atomic E-state index is 11.2. The molecule has 4 aromatic rings. The predicted molar refractivity (Wildman–Crippen MR) is 154 cm³/mol. The van der Waals surface area contributed by atoms with Gasteiger partial charge < -0.3 is 44.1 Å². The van der Waals surface area contributed by atoms with Gasteiger partial charge in [0.1, 0.15) is 34.5 Å². The van der Waals surface area contributed by atoms with Gasteiger partial charge in [0, 0.05) is 58.2 Å².